The van der Waals surface area contributed by atoms with E-state index in [1.165, 1.54) is 135 Å². The second kappa shape index (κ2) is 37.1. The highest BCUT2D eigenvalue weighted by Crippen LogP contribution is 2.14. The molecule has 264 valence electrons. The minimum Gasteiger partial charge on any atom is -0.394 e. The third-order valence-corrected chi connectivity index (χ3v) is 8.87. The summed E-state index contributed by atoms with van der Waals surface area (Å²) in [6, 6.07) is -0.627. The molecule has 0 aromatic heterocycles. The van der Waals surface area contributed by atoms with E-state index in [-0.39, 0.29) is 12.5 Å². The van der Waals surface area contributed by atoms with Crippen LogP contribution in [0.4, 0.5) is 0 Å². The van der Waals surface area contributed by atoms with Crippen molar-refractivity contribution in [2.24, 2.45) is 0 Å². The molecule has 0 heterocycles. The predicted octanol–water partition coefficient (Wildman–Crippen LogP) is 11.8. The minimum absolute atomic E-state index is 0.0785. The summed E-state index contributed by atoms with van der Waals surface area (Å²) in [7, 11) is 0. The molecule has 45 heavy (non-hydrogen) atoms. The zero-order valence-corrected chi connectivity index (χ0v) is 30.1. The summed E-state index contributed by atoms with van der Waals surface area (Å²) >= 11 is 0. The number of amides is 1. The van der Waals surface area contributed by atoms with E-state index in [9.17, 15) is 15.0 Å². The molecule has 0 bridgehead atoms. The van der Waals surface area contributed by atoms with Crippen LogP contribution in [0.3, 0.4) is 0 Å². The van der Waals surface area contributed by atoms with Gasteiger partial charge < -0.3 is 15.5 Å². The van der Waals surface area contributed by atoms with Crippen LogP contribution >= 0.6 is 0 Å². The Kier molecular flexibility index (Phi) is 35.9. The Morgan fingerprint density at radius 3 is 1.36 bits per heavy atom. The van der Waals surface area contributed by atoms with Crippen molar-refractivity contribution in [3.05, 3.63) is 36.5 Å². The fraction of sp³-hybridized carbons (Fsp3) is 0.829. The largest absolute Gasteiger partial charge is 0.394 e. The van der Waals surface area contributed by atoms with Gasteiger partial charge in [-0.3, -0.25) is 4.79 Å². The van der Waals surface area contributed by atoms with Crippen molar-refractivity contribution < 1.29 is 15.0 Å². The number of aliphatic hydroxyl groups is 2. The summed E-state index contributed by atoms with van der Waals surface area (Å²) in [4.78, 5) is 12.3. The van der Waals surface area contributed by atoms with E-state index in [2.05, 4.69) is 43.5 Å². The molecule has 0 rings (SSSR count). The molecule has 0 radical (unpaired) electrons. The minimum atomic E-state index is -0.843. The van der Waals surface area contributed by atoms with Crippen LogP contribution in [0, 0.1) is 0 Å². The van der Waals surface area contributed by atoms with Crippen molar-refractivity contribution in [3.8, 4) is 0 Å². The van der Waals surface area contributed by atoms with Crippen LogP contribution in [-0.2, 0) is 4.79 Å². The van der Waals surface area contributed by atoms with Crippen LogP contribution < -0.4 is 5.32 Å². The second-order valence-electron chi connectivity index (χ2n) is 13.3. The Balaban J connectivity index is 3.64. The Labute approximate surface area is 281 Å². The van der Waals surface area contributed by atoms with Gasteiger partial charge in [-0.15, -0.1) is 0 Å². The Bertz CT molecular complexity index is 686. The highest BCUT2D eigenvalue weighted by Gasteiger charge is 2.17. The second-order valence-corrected chi connectivity index (χ2v) is 13.3. The van der Waals surface area contributed by atoms with Crippen molar-refractivity contribution in [1.29, 1.82) is 0 Å². The average Bonchev–Trinajstić information content (AvgIpc) is 3.04. The molecular formula is C41H77NO3. The van der Waals surface area contributed by atoms with Crippen molar-refractivity contribution in [1.82, 2.24) is 5.32 Å². The van der Waals surface area contributed by atoms with Gasteiger partial charge in [0.1, 0.15) is 0 Å². The number of carbonyl (C=O) groups excluding carboxylic acids is 1. The Hall–Kier alpha value is -1.39. The average molecular weight is 632 g/mol. The highest BCUT2D eigenvalue weighted by atomic mass is 16.3. The lowest BCUT2D eigenvalue weighted by Crippen LogP contribution is -2.45. The summed E-state index contributed by atoms with van der Waals surface area (Å²) in [6.07, 6.45) is 48.0. The molecule has 1 amide bonds. The van der Waals surface area contributed by atoms with Crippen LogP contribution in [0.15, 0.2) is 36.5 Å². The molecule has 0 aromatic rings. The first-order chi connectivity index (χ1) is 22.2. The number of allylic oxidation sites excluding steroid dienone is 5. The van der Waals surface area contributed by atoms with Gasteiger partial charge in [-0.25, -0.2) is 0 Å². The molecule has 0 aromatic carbocycles. The molecule has 3 N–H and O–H groups in total. The molecule has 0 spiro atoms. The van der Waals surface area contributed by atoms with Gasteiger partial charge >= 0.3 is 0 Å². The zero-order chi connectivity index (χ0) is 32.9. The van der Waals surface area contributed by atoms with E-state index in [0.717, 1.165) is 44.9 Å². The predicted molar refractivity (Wildman–Crippen MR) is 198 cm³/mol. The summed E-state index contributed by atoms with van der Waals surface area (Å²) in [5.74, 6) is -0.0785. The van der Waals surface area contributed by atoms with Crippen molar-refractivity contribution in [2.75, 3.05) is 6.61 Å². The van der Waals surface area contributed by atoms with E-state index in [1.54, 1.807) is 6.08 Å². The number of unbranched alkanes of at least 4 members (excludes halogenated alkanes) is 24. The van der Waals surface area contributed by atoms with Gasteiger partial charge in [0.05, 0.1) is 18.8 Å². The van der Waals surface area contributed by atoms with E-state index >= 15 is 0 Å². The van der Waals surface area contributed by atoms with Crippen LogP contribution in [0.2, 0.25) is 0 Å². The molecule has 0 aliphatic carbocycles. The third kappa shape index (κ3) is 33.8. The first kappa shape index (κ1) is 43.6. The van der Waals surface area contributed by atoms with Crippen LogP contribution in [-0.4, -0.2) is 34.9 Å². The quantitative estimate of drug-likeness (QED) is 0.0481. The number of nitrogens with one attached hydrogen (secondary N) is 1. The monoisotopic (exact) mass is 632 g/mol. The molecule has 0 aliphatic rings. The van der Waals surface area contributed by atoms with Gasteiger partial charge in [-0.05, 0) is 51.4 Å². The van der Waals surface area contributed by atoms with Crippen LogP contribution in [0.1, 0.15) is 200 Å². The molecule has 4 heteroatoms. The van der Waals surface area contributed by atoms with E-state index in [0.29, 0.717) is 6.42 Å². The van der Waals surface area contributed by atoms with E-state index < -0.39 is 12.1 Å². The Morgan fingerprint density at radius 2 is 0.911 bits per heavy atom. The highest BCUT2D eigenvalue weighted by molar-refractivity contribution is 5.76. The third-order valence-electron chi connectivity index (χ3n) is 8.87. The normalized spacial score (nSPS) is 13.4. The molecule has 0 saturated carbocycles. The van der Waals surface area contributed by atoms with Gasteiger partial charge in [0, 0.05) is 6.42 Å². The zero-order valence-electron chi connectivity index (χ0n) is 30.1. The van der Waals surface area contributed by atoms with Crippen molar-refractivity contribution in [3.63, 3.8) is 0 Å². The SMILES string of the molecule is CCCCCC/C=C\C/C=C\CCCCCCCC(=O)NC(CO)C(O)/C=C/CCCCCCCCCCCCCCCCC. The molecular weight excluding hydrogens is 554 g/mol. The van der Waals surface area contributed by atoms with E-state index in [4.69, 9.17) is 0 Å². The van der Waals surface area contributed by atoms with Crippen LogP contribution in [0.25, 0.3) is 0 Å². The maximum atomic E-state index is 12.3. The van der Waals surface area contributed by atoms with Gasteiger partial charge in [0.15, 0.2) is 0 Å². The number of hydrogen-bond donors (Lipinski definition) is 3. The molecule has 0 fully saturated rings. The van der Waals surface area contributed by atoms with Gasteiger partial charge in [-0.1, -0.05) is 179 Å². The van der Waals surface area contributed by atoms with Crippen molar-refractivity contribution >= 4 is 5.91 Å². The maximum absolute atomic E-state index is 12.3. The summed E-state index contributed by atoms with van der Waals surface area (Å²) in [6.45, 7) is 4.28. The van der Waals surface area contributed by atoms with Crippen molar-refractivity contribution in [2.45, 2.75) is 212 Å². The lowest BCUT2D eigenvalue weighted by molar-refractivity contribution is -0.123. The Morgan fingerprint density at radius 1 is 0.533 bits per heavy atom. The smallest absolute Gasteiger partial charge is 0.220 e. The molecule has 0 aliphatic heterocycles. The number of aliphatic hydroxyl groups excluding tert-OH is 2. The lowest BCUT2D eigenvalue weighted by Gasteiger charge is -2.20. The lowest BCUT2D eigenvalue weighted by atomic mass is 10.0. The topological polar surface area (TPSA) is 69.6 Å². The van der Waals surface area contributed by atoms with Gasteiger partial charge in [-0.2, -0.15) is 0 Å². The van der Waals surface area contributed by atoms with Gasteiger partial charge in [0.25, 0.3) is 0 Å². The molecule has 0 saturated heterocycles. The summed E-state index contributed by atoms with van der Waals surface area (Å²) < 4.78 is 0. The first-order valence-electron chi connectivity index (χ1n) is 19.7. The van der Waals surface area contributed by atoms with Crippen LogP contribution in [0.5, 0.6) is 0 Å². The fourth-order valence-corrected chi connectivity index (χ4v) is 5.80. The number of rotatable bonds is 35. The van der Waals surface area contributed by atoms with Gasteiger partial charge in [0.2, 0.25) is 5.91 Å². The molecule has 2 unspecified atom stereocenters. The fourth-order valence-electron chi connectivity index (χ4n) is 5.80. The first-order valence-corrected chi connectivity index (χ1v) is 19.7. The van der Waals surface area contributed by atoms with E-state index in [1.807, 2.05) is 6.08 Å². The summed E-state index contributed by atoms with van der Waals surface area (Å²) in [5.41, 5.74) is 0. The summed E-state index contributed by atoms with van der Waals surface area (Å²) in [5, 5.41) is 22.9. The molecule has 4 nitrogen and oxygen atoms in total. The maximum Gasteiger partial charge on any atom is 0.220 e. The molecule has 2 atom stereocenters. The number of carbonyl (C=O) groups is 1. The standard InChI is InChI=1S/C41H77NO3/c1-3-5-7-9-11-13-15-17-19-21-22-24-26-28-30-32-34-36-40(44)39(38-43)42-41(45)37-35-33-31-29-27-25-23-20-18-16-14-12-10-8-6-4-2/h14,16,20,23,34,36,39-40,43-44H,3-13,15,17-19,21-22,24-33,35,37-38H2,1-2H3,(H,42,45)/b16-14-,23-20-,36-34+. The number of hydrogen-bond acceptors (Lipinski definition) is 3.